The van der Waals surface area contributed by atoms with Gasteiger partial charge in [0.05, 0.1) is 6.26 Å². The Labute approximate surface area is 193 Å². The van der Waals surface area contributed by atoms with Gasteiger partial charge < -0.3 is 14.6 Å². The van der Waals surface area contributed by atoms with Crippen molar-refractivity contribution in [1.82, 2.24) is 15.0 Å². The van der Waals surface area contributed by atoms with E-state index >= 15 is 0 Å². The number of benzene rings is 2. The summed E-state index contributed by atoms with van der Waals surface area (Å²) in [6, 6.07) is 18.3. The number of nitrogens with one attached hydrogen (secondary N) is 2. The molecule has 0 spiro atoms. The van der Waals surface area contributed by atoms with E-state index in [1.54, 1.807) is 6.26 Å². The average molecular weight is 463 g/mol. The first-order valence-corrected chi connectivity index (χ1v) is 12.8. The molecular weight excluding hydrogens is 436 g/mol. The molecule has 0 unspecified atom stereocenters. The predicted octanol–water partition coefficient (Wildman–Crippen LogP) is 3.62. The van der Waals surface area contributed by atoms with Crippen LogP contribution in [-0.2, 0) is 16.6 Å². The first-order chi connectivity index (χ1) is 16.0. The Balaban J connectivity index is 1.39. The summed E-state index contributed by atoms with van der Waals surface area (Å²) in [5, 5.41) is 3.38. The molecule has 8 heteroatoms. The second-order valence-corrected chi connectivity index (χ2v) is 10.1. The molecule has 1 aliphatic heterocycles. The minimum atomic E-state index is -3.25. The minimum absolute atomic E-state index is 0.240. The summed E-state index contributed by atoms with van der Waals surface area (Å²) >= 11 is 0. The number of nitrogens with zero attached hydrogens (tertiary/aromatic N) is 2. The summed E-state index contributed by atoms with van der Waals surface area (Å²) in [5.74, 6) is 0. The van der Waals surface area contributed by atoms with Crippen LogP contribution in [0.5, 0.6) is 0 Å². The highest BCUT2D eigenvalue weighted by Gasteiger charge is 2.13. The van der Waals surface area contributed by atoms with Gasteiger partial charge in [0, 0.05) is 55.7 Å². The normalized spacial score (nSPS) is 14.6. The highest BCUT2D eigenvalue weighted by atomic mass is 32.2. The molecule has 0 bridgehead atoms. The van der Waals surface area contributed by atoms with Crippen LogP contribution in [0.1, 0.15) is 5.56 Å². The number of rotatable bonds is 6. The van der Waals surface area contributed by atoms with Gasteiger partial charge in [0.15, 0.2) is 5.58 Å². The summed E-state index contributed by atoms with van der Waals surface area (Å²) < 4.78 is 31.2. The van der Waals surface area contributed by atoms with Crippen molar-refractivity contribution in [2.45, 2.75) is 6.54 Å². The van der Waals surface area contributed by atoms with Crippen molar-refractivity contribution in [3.8, 4) is 22.3 Å². The summed E-state index contributed by atoms with van der Waals surface area (Å²) in [6.07, 6.45) is 4.73. The molecule has 2 aromatic carbocycles. The third kappa shape index (κ3) is 4.93. The molecule has 4 aromatic rings. The quantitative estimate of drug-likeness (QED) is 0.455. The zero-order valence-electron chi connectivity index (χ0n) is 18.4. The molecule has 0 atom stereocenters. The maximum Gasteiger partial charge on any atom is 0.209 e. The number of anilines is 1. The topological polar surface area (TPSA) is 87.5 Å². The molecule has 0 saturated carbocycles. The van der Waals surface area contributed by atoms with E-state index in [0.717, 1.165) is 65.8 Å². The molecular formula is C25H26N4O3S. The Bertz CT molecular complexity index is 1370. The smallest absolute Gasteiger partial charge is 0.209 e. The summed E-state index contributed by atoms with van der Waals surface area (Å²) in [7, 11) is -3.25. The molecule has 1 aliphatic rings. The van der Waals surface area contributed by atoms with E-state index in [0.29, 0.717) is 5.58 Å². The number of fused-ring (bicyclic) bond motifs is 1. The monoisotopic (exact) mass is 462 g/mol. The van der Waals surface area contributed by atoms with Crippen LogP contribution >= 0.6 is 0 Å². The lowest BCUT2D eigenvalue weighted by atomic mass is 10.0. The number of sulfonamides is 1. The molecule has 5 rings (SSSR count). The maximum absolute atomic E-state index is 11.4. The number of pyridine rings is 1. The summed E-state index contributed by atoms with van der Waals surface area (Å²) in [6.45, 7) is 4.31. The number of hydrogen-bond acceptors (Lipinski definition) is 6. The number of furan rings is 1. The van der Waals surface area contributed by atoms with Crippen LogP contribution in [0.15, 0.2) is 71.5 Å². The third-order valence-corrected chi connectivity index (χ3v) is 6.54. The third-order valence-electron chi connectivity index (χ3n) is 5.87. The average Bonchev–Trinajstić information content (AvgIpc) is 3.27. The molecule has 3 heterocycles. The minimum Gasteiger partial charge on any atom is -0.462 e. The van der Waals surface area contributed by atoms with Gasteiger partial charge in [-0.2, -0.15) is 0 Å². The molecule has 0 amide bonds. The van der Waals surface area contributed by atoms with Crippen LogP contribution in [0.4, 0.5) is 5.69 Å². The van der Waals surface area contributed by atoms with Crippen LogP contribution in [0.2, 0.25) is 0 Å². The van der Waals surface area contributed by atoms with Gasteiger partial charge in [-0.25, -0.2) is 13.1 Å². The molecule has 0 radical (unpaired) electrons. The van der Waals surface area contributed by atoms with Crippen molar-refractivity contribution >= 4 is 26.8 Å². The van der Waals surface area contributed by atoms with Crippen LogP contribution in [-0.4, -0.2) is 45.8 Å². The SMILES string of the molecule is CS(=O)(=O)NCc1cccc(-c2coc3cc(-c4ccc(N5CCNCC5)cc4)cnc23)c1. The molecule has 33 heavy (non-hydrogen) atoms. The Hall–Kier alpha value is -3.20. The van der Waals surface area contributed by atoms with Gasteiger partial charge in [0.1, 0.15) is 11.8 Å². The lowest BCUT2D eigenvalue weighted by Gasteiger charge is -2.29. The Morgan fingerprint density at radius 3 is 2.58 bits per heavy atom. The zero-order valence-corrected chi connectivity index (χ0v) is 19.2. The van der Waals surface area contributed by atoms with Crippen molar-refractivity contribution in [2.24, 2.45) is 0 Å². The fourth-order valence-electron chi connectivity index (χ4n) is 4.13. The van der Waals surface area contributed by atoms with Crippen molar-refractivity contribution in [3.63, 3.8) is 0 Å². The lowest BCUT2D eigenvalue weighted by molar-refractivity contribution is 0.587. The molecule has 2 N–H and O–H groups in total. The molecule has 170 valence electrons. The fourth-order valence-corrected chi connectivity index (χ4v) is 4.56. The van der Waals surface area contributed by atoms with Gasteiger partial charge in [-0.05, 0) is 41.0 Å². The standard InChI is InChI=1S/C25H26N4O3S/c1-33(30,31)28-15-18-3-2-4-20(13-18)23-17-32-24-14-21(16-27-25(23)24)19-5-7-22(8-6-19)29-11-9-26-10-12-29/h2-8,13-14,16-17,26,28H,9-12,15H2,1H3. The van der Waals surface area contributed by atoms with E-state index < -0.39 is 10.0 Å². The second-order valence-electron chi connectivity index (χ2n) is 8.30. The predicted molar refractivity (Wildman–Crippen MR) is 132 cm³/mol. The van der Waals surface area contributed by atoms with E-state index in [9.17, 15) is 8.42 Å². The summed E-state index contributed by atoms with van der Waals surface area (Å²) in [5.41, 5.74) is 7.51. The number of piperazine rings is 1. The van der Waals surface area contributed by atoms with Crippen LogP contribution in [0.3, 0.4) is 0 Å². The maximum atomic E-state index is 11.4. The van der Waals surface area contributed by atoms with E-state index in [1.807, 2.05) is 36.5 Å². The Morgan fingerprint density at radius 1 is 1.03 bits per heavy atom. The zero-order chi connectivity index (χ0) is 22.8. The van der Waals surface area contributed by atoms with E-state index in [1.165, 1.54) is 5.69 Å². The molecule has 1 fully saturated rings. The van der Waals surface area contributed by atoms with Crippen molar-refractivity contribution in [3.05, 3.63) is 72.6 Å². The van der Waals surface area contributed by atoms with Gasteiger partial charge >= 0.3 is 0 Å². The molecule has 0 aliphatic carbocycles. The second kappa shape index (κ2) is 8.97. The van der Waals surface area contributed by atoms with Crippen molar-refractivity contribution < 1.29 is 12.8 Å². The van der Waals surface area contributed by atoms with Crippen LogP contribution in [0, 0.1) is 0 Å². The molecule has 7 nitrogen and oxygen atoms in total. The largest absolute Gasteiger partial charge is 0.462 e. The number of hydrogen-bond donors (Lipinski definition) is 2. The molecule has 2 aromatic heterocycles. The van der Waals surface area contributed by atoms with Gasteiger partial charge in [0.2, 0.25) is 10.0 Å². The van der Waals surface area contributed by atoms with E-state index in [4.69, 9.17) is 9.40 Å². The molecule has 1 saturated heterocycles. The van der Waals surface area contributed by atoms with Gasteiger partial charge in [-0.1, -0.05) is 30.3 Å². The van der Waals surface area contributed by atoms with Crippen LogP contribution < -0.4 is 14.9 Å². The first-order valence-electron chi connectivity index (χ1n) is 10.9. The summed E-state index contributed by atoms with van der Waals surface area (Å²) in [4.78, 5) is 7.09. The highest BCUT2D eigenvalue weighted by Crippen LogP contribution is 2.32. The Kier molecular flexibility index (Phi) is 5.88. The highest BCUT2D eigenvalue weighted by molar-refractivity contribution is 7.88. The van der Waals surface area contributed by atoms with Gasteiger partial charge in [-0.3, -0.25) is 4.98 Å². The van der Waals surface area contributed by atoms with Gasteiger partial charge in [0.25, 0.3) is 0 Å². The van der Waals surface area contributed by atoms with Gasteiger partial charge in [-0.15, -0.1) is 0 Å². The van der Waals surface area contributed by atoms with Crippen molar-refractivity contribution in [1.29, 1.82) is 0 Å². The van der Waals surface area contributed by atoms with E-state index in [-0.39, 0.29) is 6.54 Å². The fraction of sp³-hybridized carbons (Fsp3) is 0.240. The van der Waals surface area contributed by atoms with Crippen LogP contribution in [0.25, 0.3) is 33.4 Å². The van der Waals surface area contributed by atoms with E-state index in [2.05, 4.69) is 39.2 Å². The first kappa shape index (κ1) is 21.6. The lowest BCUT2D eigenvalue weighted by Crippen LogP contribution is -2.43. The number of aromatic nitrogens is 1. The van der Waals surface area contributed by atoms with Crippen molar-refractivity contribution in [2.75, 3.05) is 37.3 Å². The Morgan fingerprint density at radius 2 is 1.82 bits per heavy atom.